The minimum absolute atomic E-state index is 0.0456. The summed E-state index contributed by atoms with van der Waals surface area (Å²) in [6.45, 7) is 2.31. The molecule has 4 nitrogen and oxygen atoms in total. The van der Waals surface area contributed by atoms with Crippen LogP contribution in [0.15, 0.2) is 78.9 Å². The highest BCUT2D eigenvalue weighted by molar-refractivity contribution is 5.49. The number of hydrogen-bond acceptors (Lipinski definition) is 4. The van der Waals surface area contributed by atoms with Gasteiger partial charge in [-0.25, -0.2) is 0 Å². The molecular weight excluding hydrogens is 398 g/mol. The molecule has 1 aliphatic heterocycles. The Labute approximate surface area is 190 Å². The molecule has 0 saturated heterocycles. The summed E-state index contributed by atoms with van der Waals surface area (Å²) in [5, 5.41) is 0. The average Bonchev–Trinajstić information content (AvgIpc) is 3.56. The van der Waals surface area contributed by atoms with Gasteiger partial charge >= 0.3 is 0 Å². The number of nitrogens with zero attached hydrogens (tertiary/aromatic N) is 1. The molecule has 0 spiro atoms. The van der Waals surface area contributed by atoms with Crippen LogP contribution in [0.3, 0.4) is 0 Å². The number of rotatable bonds is 9. The maximum absolute atomic E-state index is 6.68. The lowest BCUT2D eigenvalue weighted by Gasteiger charge is -2.32. The van der Waals surface area contributed by atoms with Gasteiger partial charge in [0.2, 0.25) is 0 Å². The van der Waals surface area contributed by atoms with Crippen molar-refractivity contribution >= 4 is 0 Å². The standard InChI is InChI=1S/C28H31NO3/c1-29(2)16-9-17-30-27-24-15-14-23(31-20-21-10-5-3-6-11-21)18-26(24)32-28(19-25(27)28)22-12-7-4-8-13-22/h3-8,10-15,18,25,27H,9,16-17,19-20H2,1-2H3. The molecule has 0 radical (unpaired) electrons. The fourth-order valence-electron chi connectivity index (χ4n) is 4.73. The first-order chi connectivity index (χ1) is 15.7. The first kappa shape index (κ1) is 21.0. The molecule has 1 fully saturated rings. The van der Waals surface area contributed by atoms with Crippen molar-refractivity contribution in [2.75, 3.05) is 27.2 Å². The minimum Gasteiger partial charge on any atom is -0.489 e. The van der Waals surface area contributed by atoms with E-state index < -0.39 is 0 Å². The van der Waals surface area contributed by atoms with Crippen molar-refractivity contribution in [1.82, 2.24) is 4.90 Å². The van der Waals surface area contributed by atoms with E-state index in [4.69, 9.17) is 14.2 Å². The van der Waals surface area contributed by atoms with E-state index >= 15 is 0 Å². The summed E-state index contributed by atoms with van der Waals surface area (Å²) in [7, 11) is 4.20. The highest BCUT2D eigenvalue weighted by atomic mass is 16.5. The van der Waals surface area contributed by atoms with E-state index in [1.165, 1.54) is 5.56 Å². The number of hydrogen-bond donors (Lipinski definition) is 0. The molecule has 3 atom stereocenters. The second kappa shape index (κ2) is 8.97. The van der Waals surface area contributed by atoms with Crippen LogP contribution in [-0.2, 0) is 16.9 Å². The third-order valence-corrected chi connectivity index (χ3v) is 6.47. The molecule has 1 aliphatic carbocycles. The zero-order chi connectivity index (χ0) is 22.0. The lowest BCUT2D eigenvalue weighted by atomic mass is 9.94. The molecular formula is C28H31NO3. The first-order valence-corrected chi connectivity index (χ1v) is 11.5. The van der Waals surface area contributed by atoms with Crippen LogP contribution in [0.1, 0.15) is 35.6 Å². The molecule has 0 bridgehead atoms. The van der Waals surface area contributed by atoms with E-state index in [-0.39, 0.29) is 11.7 Å². The molecule has 0 N–H and O–H groups in total. The highest BCUT2D eigenvalue weighted by Gasteiger charge is 2.65. The van der Waals surface area contributed by atoms with Crippen LogP contribution in [0, 0.1) is 5.92 Å². The van der Waals surface area contributed by atoms with Gasteiger partial charge in [0.25, 0.3) is 0 Å². The monoisotopic (exact) mass is 429 g/mol. The molecule has 3 aromatic carbocycles. The van der Waals surface area contributed by atoms with Gasteiger partial charge in [-0.15, -0.1) is 0 Å². The van der Waals surface area contributed by atoms with Crippen molar-refractivity contribution in [2.24, 2.45) is 5.92 Å². The maximum Gasteiger partial charge on any atom is 0.140 e. The second-order valence-corrected chi connectivity index (χ2v) is 9.09. The highest BCUT2D eigenvalue weighted by Crippen LogP contribution is 2.65. The average molecular weight is 430 g/mol. The van der Waals surface area contributed by atoms with E-state index in [2.05, 4.69) is 67.5 Å². The Kier molecular flexibility index (Phi) is 5.90. The summed E-state index contributed by atoms with van der Waals surface area (Å²) >= 11 is 0. The lowest BCUT2D eigenvalue weighted by molar-refractivity contribution is -0.00875. The summed E-state index contributed by atoms with van der Waals surface area (Å²) in [4.78, 5) is 2.20. The largest absolute Gasteiger partial charge is 0.489 e. The summed E-state index contributed by atoms with van der Waals surface area (Å²) < 4.78 is 19.2. The molecule has 1 saturated carbocycles. The Morgan fingerprint density at radius 3 is 2.47 bits per heavy atom. The lowest BCUT2D eigenvalue weighted by Crippen LogP contribution is -2.28. The Hall–Kier alpha value is -2.82. The van der Waals surface area contributed by atoms with E-state index in [9.17, 15) is 0 Å². The van der Waals surface area contributed by atoms with Crippen molar-refractivity contribution in [3.8, 4) is 11.5 Å². The predicted octanol–water partition coefficient (Wildman–Crippen LogP) is 5.58. The van der Waals surface area contributed by atoms with Crippen molar-refractivity contribution in [2.45, 2.75) is 31.2 Å². The van der Waals surface area contributed by atoms with Crippen LogP contribution in [0.25, 0.3) is 0 Å². The van der Waals surface area contributed by atoms with Crippen molar-refractivity contribution in [3.63, 3.8) is 0 Å². The predicted molar refractivity (Wildman–Crippen MR) is 126 cm³/mol. The maximum atomic E-state index is 6.68. The Balaban J connectivity index is 1.38. The molecule has 0 aromatic heterocycles. The fraction of sp³-hybridized carbons (Fsp3) is 0.357. The van der Waals surface area contributed by atoms with Crippen LogP contribution >= 0.6 is 0 Å². The van der Waals surface area contributed by atoms with Gasteiger partial charge in [0.05, 0.1) is 6.10 Å². The van der Waals surface area contributed by atoms with E-state index in [1.807, 2.05) is 30.3 Å². The van der Waals surface area contributed by atoms with E-state index in [1.54, 1.807) is 0 Å². The van der Waals surface area contributed by atoms with Crippen LogP contribution in [-0.4, -0.2) is 32.1 Å². The summed E-state index contributed by atoms with van der Waals surface area (Å²) in [6, 6.07) is 27.0. The molecule has 2 aliphatic rings. The van der Waals surface area contributed by atoms with Gasteiger partial charge in [0.1, 0.15) is 23.7 Å². The SMILES string of the molecule is CN(C)CCCOC1c2ccc(OCc3ccccc3)cc2OC2(c3ccccc3)CC12. The molecule has 3 aromatic rings. The molecule has 166 valence electrons. The molecule has 5 rings (SSSR count). The van der Waals surface area contributed by atoms with Crippen molar-refractivity contribution in [1.29, 1.82) is 0 Å². The molecule has 4 heteroatoms. The van der Waals surface area contributed by atoms with Gasteiger partial charge in [-0.3, -0.25) is 0 Å². The normalized spacial score (nSPS) is 23.2. The molecule has 3 unspecified atom stereocenters. The minimum atomic E-state index is -0.293. The fourth-order valence-corrected chi connectivity index (χ4v) is 4.73. The Morgan fingerprint density at radius 1 is 0.969 bits per heavy atom. The zero-order valence-electron chi connectivity index (χ0n) is 18.9. The molecule has 0 amide bonds. The summed E-state index contributed by atoms with van der Waals surface area (Å²) in [5.41, 5.74) is 3.22. The number of benzene rings is 3. The number of fused-ring (bicyclic) bond motifs is 2. The van der Waals surface area contributed by atoms with E-state index in [0.29, 0.717) is 12.5 Å². The zero-order valence-corrected chi connectivity index (χ0v) is 18.9. The van der Waals surface area contributed by atoms with Crippen LogP contribution in [0.5, 0.6) is 11.5 Å². The molecule has 32 heavy (non-hydrogen) atoms. The van der Waals surface area contributed by atoms with E-state index in [0.717, 1.165) is 48.6 Å². The topological polar surface area (TPSA) is 30.9 Å². The third kappa shape index (κ3) is 4.25. The molecule has 1 heterocycles. The van der Waals surface area contributed by atoms with Gasteiger partial charge < -0.3 is 19.1 Å². The first-order valence-electron chi connectivity index (χ1n) is 11.5. The summed E-state index contributed by atoms with van der Waals surface area (Å²) in [6.07, 6.45) is 2.04. The smallest absolute Gasteiger partial charge is 0.140 e. The van der Waals surface area contributed by atoms with Crippen LogP contribution in [0.2, 0.25) is 0 Å². The summed E-state index contributed by atoms with van der Waals surface area (Å²) in [5.74, 6) is 2.04. The van der Waals surface area contributed by atoms with Gasteiger partial charge in [0.15, 0.2) is 0 Å². The number of ether oxygens (including phenoxy) is 3. The second-order valence-electron chi connectivity index (χ2n) is 9.09. The van der Waals surface area contributed by atoms with Gasteiger partial charge in [-0.05, 0) is 50.3 Å². The van der Waals surface area contributed by atoms with Crippen molar-refractivity contribution in [3.05, 3.63) is 95.6 Å². The Morgan fingerprint density at radius 2 is 1.72 bits per heavy atom. The quantitative estimate of drug-likeness (QED) is 0.415. The van der Waals surface area contributed by atoms with Gasteiger partial charge in [-0.2, -0.15) is 0 Å². The Bertz CT molecular complexity index is 1040. The van der Waals surface area contributed by atoms with Gasteiger partial charge in [0, 0.05) is 30.6 Å². The third-order valence-electron chi connectivity index (χ3n) is 6.47. The van der Waals surface area contributed by atoms with Crippen LogP contribution < -0.4 is 9.47 Å². The van der Waals surface area contributed by atoms with Gasteiger partial charge in [-0.1, -0.05) is 60.7 Å². The van der Waals surface area contributed by atoms with Crippen LogP contribution in [0.4, 0.5) is 0 Å². The van der Waals surface area contributed by atoms with Crippen molar-refractivity contribution < 1.29 is 14.2 Å².